The highest BCUT2D eigenvalue weighted by molar-refractivity contribution is 7.99. The fourth-order valence-electron chi connectivity index (χ4n) is 1.33. The van der Waals surface area contributed by atoms with Crippen molar-refractivity contribution in [2.45, 2.75) is 31.1 Å². The standard InChI is InChI=1S/C8H13N3S2/c1-5(9)7-10-11-8(13-7)6-3-2-4-12-6/h5-6H,2-4,9H2,1H3. The van der Waals surface area contributed by atoms with Crippen LogP contribution in [0, 0.1) is 0 Å². The van der Waals surface area contributed by atoms with Gasteiger partial charge < -0.3 is 5.73 Å². The molecule has 0 amide bonds. The average Bonchev–Trinajstić information content (AvgIpc) is 2.75. The van der Waals surface area contributed by atoms with Crippen LogP contribution in [-0.2, 0) is 0 Å². The Kier molecular flexibility index (Phi) is 2.86. The van der Waals surface area contributed by atoms with E-state index in [1.807, 2.05) is 18.7 Å². The number of aromatic nitrogens is 2. The van der Waals surface area contributed by atoms with Gasteiger partial charge in [-0.05, 0) is 25.5 Å². The lowest BCUT2D eigenvalue weighted by atomic mass is 10.3. The second-order valence-corrected chi connectivity index (χ2v) is 5.62. The summed E-state index contributed by atoms with van der Waals surface area (Å²) < 4.78 is 0. The maximum atomic E-state index is 5.73. The van der Waals surface area contributed by atoms with Crippen molar-refractivity contribution in [3.8, 4) is 0 Å². The summed E-state index contributed by atoms with van der Waals surface area (Å²) in [7, 11) is 0. The van der Waals surface area contributed by atoms with Crippen molar-refractivity contribution in [3.05, 3.63) is 10.0 Å². The Morgan fingerprint density at radius 3 is 2.92 bits per heavy atom. The highest BCUT2D eigenvalue weighted by Gasteiger charge is 2.22. The molecule has 2 atom stereocenters. The molecule has 0 saturated carbocycles. The first-order valence-corrected chi connectivity index (χ1v) is 6.34. The van der Waals surface area contributed by atoms with Crippen LogP contribution in [0.15, 0.2) is 0 Å². The van der Waals surface area contributed by atoms with E-state index < -0.39 is 0 Å². The van der Waals surface area contributed by atoms with Gasteiger partial charge in [-0.15, -0.1) is 10.2 Å². The Morgan fingerprint density at radius 2 is 2.38 bits per heavy atom. The molecule has 1 fully saturated rings. The summed E-state index contributed by atoms with van der Waals surface area (Å²) in [5.41, 5.74) is 5.73. The summed E-state index contributed by atoms with van der Waals surface area (Å²) in [6, 6.07) is 0.0256. The number of nitrogens with zero attached hydrogens (tertiary/aromatic N) is 2. The molecule has 2 unspecified atom stereocenters. The minimum atomic E-state index is 0.0256. The lowest BCUT2D eigenvalue weighted by Crippen LogP contribution is -2.03. The van der Waals surface area contributed by atoms with Gasteiger partial charge in [0.25, 0.3) is 0 Å². The Labute approximate surface area is 86.1 Å². The highest BCUT2D eigenvalue weighted by atomic mass is 32.2. The largest absolute Gasteiger partial charge is 0.322 e. The van der Waals surface area contributed by atoms with E-state index in [1.165, 1.54) is 18.6 Å². The van der Waals surface area contributed by atoms with Crippen LogP contribution in [0.25, 0.3) is 0 Å². The lowest BCUT2D eigenvalue weighted by molar-refractivity contribution is 0.770. The van der Waals surface area contributed by atoms with E-state index in [2.05, 4.69) is 10.2 Å². The monoisotopic (exact) mass is 215 g/mol. The number of nitrogens with two attached hydrogens (primary N) is 1. The van der Waals surface area contributed by atoms with Gasteiger partial charge in [-0.25, -0.2) is 0 Å². The molecule has 5 heteroatoms. The molecule has 1 aliphatic heterocycles. The van der Waals surface area contributed by atoms with Crippen molar-refractivity contribution >= 4 is 23.1 Å². The molecular weight excluding hydrogens is 202 g/mol. The molecule has 2 N–H and O–H groups in total. The zero-order chi connectivity index (χ0) is 9.26. The second kappa shape index (κ2) is 3.94. The molecule has 2 heterocycles. The minimum Gasteiger partial charge on any atom is -0.322 e. The van der Waals surface area contributed by atoms with Crippen LogP contribution < -0.4 is 5.73 Å². The van der Waals surface area contributed by atoms with E-state index in [4.69, 9.17) is 5.73 Å². The first kappa shape index (κ1) is 9.43. The molecule has 2 rings (SSSR count). The quantitative estimate of drug-likeness (QED) is 0.821. The van der Waals surface area contributed by atoms with Gasteiger partial charge in [-0.3, -0.25) is 0 Å². The number of rotatable bonds is 2. The Balaban J connectivity index is 2.12. The molecule has 72 valence electrons. The van der Waals surface area contributed by atoms with Crippen LogP contribution >= 0.6 is 23.1 Å². The molecular formula is C8H13N3S2. The van der Waals surface area contributed by atoms with Crippen LogP contribution in [0.2, 0.25) is 0 Å². The van der Waals surface area contributed by atoms with Crippen LogP contribution in [-0.4, -0.2) is 16.0 Å². The maximum Gasteiger partial charge on any atom is 0.134 e. The van der Waals surface area contributed by atoms with Crippen LogP contribution in [0.3, 0.4) is 0 Å². The van der Waals surface area contributed by atoms with Gasteiger partial charge in [0.05, 0.1) is 11.3 Å². The van der Waals surface area contributed by atoms with E-state index in [-0.39, 0.29) is 6.04 Å². The van der Waals surface area contributed by atoms with E-state index in [9.17, 15) is 0 Å². The number of thioether (sulfide) groups is 1. The third-order valence-electron chi connectivity index (χ3n) is 2.05. The molecule has 1 aliphatic rings. The van der Waals surface area contributed by atoms with Crippen molar-refractivity contribution < 1.29 is 0 Å². The van der Waals surface area contributed by atoms with E-state index in [0.717, 1.165) is 10.0 Å². The van der Waals surface area contributed by atoms with E-state index in [0.29, 0.717) is 5.25 Å². The van der Waals surface area contributed by atoms with Crippen molar-refractivity contribution in [3.63, 3.8) is 0 Å². The fraction of sp³-hybridized carbons (Fsp3) is 0.750. The van der Waals surface area contributed by atoms with Crippen LogP contribution in [0.5, 0.6) is 0 Å². The Bertz CT molecular complexity index is 279. The molecule has 0 spiro atoms. The molecule has 0 aromatic carbocycles. The summed E-state index contributed by atoms with van der Waals surface area (Å²) in [6.07, 6.45) is 2.56. The molecule has 1 aromatic heterocycles. The Hall–Kier alpha value is -0.130. The second-order valence-electron chi connectivity index (χ2n) is 3.27. The third-order valence-corrected chi connectivity index (χ3v) is 4.82. The van der Waals surface area contributed by atoms with Gasteiger partial charge >= 0.3 is 0 Å². The average molecular weight is 215 g/mol. The van der Waals surface area contributed by atoms with Gasteiger partial charge in [0.2, 0.25) is 0 Å². The molecule has 1 aromatic rings. The van der Waals surface area contributed by atoms with Gasteiger partial charge in [0.15, 0.2) is 0 Å². The van der Waals surface area contributed by atoms with Gasteiger partial charge in [0.1, 0.15) is 10.0 Å². The minimum absolute atomic E-state index is 0.0256. The first-order chi connectivity index (χ1) is 6.27. The normalized spacial score (nSPS) is 24.9. The van der Waals surface area contributed by atoms with Crippen molar-refractivity contribution in [1.29, 1.82) is 0 Å². The summed E-state index contributed by atoms with van der Waals surface area (Å²) in [5.74, 6) is 1.26. The van der Waals surface area contributed by atoms with Crippen LogP contribution in [0.4, 0.5) is 0 Å². The summed E-state index contributed by atoms with van der Waals surface area (Å²) in [5, 5.41) is 11.0. The summed E-state index contributed by atoms with van der Waals surface area (Å²) in [4.78, 5) is 0. The maximum absolute atomic E-state index is 5.73. The Morgan fingerprint density at radius 1 is 1.54 bits per heavy atom. The van der Waals surface area contributed by atoms with Crippen molar-refractivity contribution in [2.24, 2.45) is 5.73 Å². The SMILES string of the molecule is CC(N)c1nnc(C2CCCS2)s1. The molecule has 0 radical (unpaired) electrons. The highest BCUT2D eigenvalue weighted by Crippen LogP contribution is 2.41. The molecule has 3 nitrogen and oxygen atoms in total. The summed E-state index contributed by atoms with van der Waals surface area (Å²) in [6.45, 7) is 1.95. The molecule has 13 heavy (non-hydrogen) atoms. The zero-order valence-corrected chi connectivity index (χ0v) is 9.20. The summed E-state index contributed by atoms with van der Waals surface area (Å²) >= 11 is 3.66. The predicted molar refractivity (Wildman–Crippen MR) is 56.9 cm³/mol. The molecule has 1 saturated heterocycles. The number of hydrogen-bond donors (Lipinski definition) is 1. The predicted octanol–water partition coefficient (Wildman–Crippen LogP) is 2.13. The zero-order valence-electron chi connectivity index (χ0n) is 7.56. The fourth-order valence-corrected chi connectivity index (χ4v) is 3.64. The molecule has 0 bridgehead atoms. The van der Waals surface area contributed by atoms with Gasteiger partial charge in [0, 0.05) is 0 Å². The lowest BCUT2D eigenvalue weighted by Gasteiger charge is -2.00. The van der Waals surface area contributed by atoms with Crippen molar-refractivity contribution in [1.82, 2.24) is 10.2 Å². The van der Waals surface area contributed by atoms with Crippen LogP contribution in [0.1, 0.15) is 41.1 Å². The third kappa shape index (κ3) is 2.03. The van der Waals surface area contributed by atoms with Gasteiger partial charge in [-0.1, -0.05) is 11.3 Å². The number of hydrogen-bond acceptors (Lipinski definition) is 5. The smallest absolute Gasteiger partial charge is 0.134 e. The first-order valence-electron chi connectivity index (χ1n) is 4.48. The van der Waals surface area contributed by atoms with Gasteiger partial charge in [-0.2, -0.15) is 11.8 Å². The van der Waals surface area contributed by atoms with Crippen molar-refractivity contribution in [2.75, 3.05) is 5.75 Å². The van der Waals surface area contributed by atoms with E-state index >= 15 is 0 Å². The van der Waals surface area contributed by atoms with E-state index in [1.54, 1.807) is 11.3 Å². The molecule has 0 aliphatic carbocycles. The topological polar surface area (TPSA) is 51.8 Å².